The smallest absolute Gasteiger partial charge is 0.335 e. The van der Waals surface area contributed by atoms with E-state index in [2.05, 4.69) is 9.97 Å². The average molecular weight is 300 g/mol. The van der Waals surface area contributed by atoms with E-state index in [0.717, 1.165) is 0 Å². The number of carbonyl (C=O) groups is 2. The van der Waals surface area contributed by atoms with Crippen molar-refractivity contribution < 1.29 is 36.9 Å². The summed E-state index contributed by atoms with van der Waals surface area (Å²) in [6, 6.07) is 5.40. The number of rotatable bonds is 3. The minimum atomic E-state index is -1.08. The molecular weight excluding hydrogens is 292 g/mol. The van der Waals surface area contributed by atoms with E-state index in [1.807, 2.05) is 0 Å². The van der Waals surface area contributed by atoms with Gasteiger partial charge in [0.1, 0.15) is 0 Å². The predicted molar refractivity (Wildman–Crippen MR) is 61.4 cm³/mol. The fraction of sp³-hybridized carbons (Fsp3) is 0. The molecule has 0 aliphatic carbocycles. The SMILES string of the molecule is O=C(O)c1ccnc(-c2cc(C(=O)O)ccn2)c1.[Fe]. The Hall–Kier alpha value is -2.24. The van der Waals surface area contributed by atoms with Crippen molar-refractivity contribution in [1.82, 2.24) is 9.97 Å². The van der Waals surface area contributed by atoms with E-state index in [0.29, 0.717) is 11.4 Å². The van der Waals surface area contributed by atoms with Crippen molar-refractivity contribution in [2.24, 2.45) is 0 Å². The van der Waals surface area contributed by atoms with E-state index >= 15 is 0 Å². The monoisotopic (exact) mass is 300 g/mol. The molecule has 0 bridgehead atoms. The Morgan fingerprint density at radius 2 is 1.21 bits per heavy atom. The van der Waals surface area contributed by atoms with Crippen LogP contribution in [0, 0.1) is 0 Å². The Bertz CT molecular complexity index is 575. The van der Waals surface area contributed by atoms with Gasteiger partial charge in [0.15, 0.2) is 0 Å². The number of hydrogen-bond acceptors (Lipinski definition) is 4. The first kappa shape index (κ1) is 14.8. The summed E-state index contributed by atoms with van der Waals surface area (Å²) >= 11 is 0. The third-order valence-electron chi connectivity index (χ3n) is 2.28. The Labute approximate surface area is 118 Å². The minimum absolute atomic E-state index is 0. The maximum Gasteiger partial charge on any atom is 0.335 e. The molecule has 2 N–H and O–H groups in total. The molecule has 0 saturated heterocycles. The first-order valence-corrected chi connectivity index (χ1v) is 4.97. The maximum absolute atomic E-state index is 10.8. The average Bonchev–Trinajstić information content (AvgIpc) is 2.39. The molecule has 0 amide bonds. The summed E-state index contributed by atoms with van der Waals surface area (Å²) in [6.07, 6.45) is 2.68. The second kappa shape index (κ2) is 6.08. The van der Waals surface area contributed by atoms with Crippen LogP contribution >= 0.6 is 0 Å². The molecule has 6 nitrogen and oxygen atoms in total. The van der Waals surface area contributed by atoms with E-state index in [1.165, 1.54) is 36.7 Å². The van der Waals surface area contributed by atoms with Crippen LogP contribution in [0.25, 0.3) is 11.4 Å². The molecule has 0 fully saturated rings. The van der Waals surface area contributed by atoms with Crippen LogP contribution in [0.1, 0.15) is 20.7 Å². The van der Waals surface area contributed by atoms with Gasteiger partial charge in [-0.1, -0.05) is 0 Å². The topological polar surface area (TPSA) is 100 Å². The number of nitrogens with zero attached hydrogens (tertiary/aromatic N) is 2. The normalized spacial score (nSPS) is 9.47. The van der Waals surface area contributed by atoms with Gasteiger partial charge in [0.2, 0.25) is 0 Å². The quantitative estimate of drug-likeness (QED) is 0.834. The molecule has 0 saturated carbocycles. The molecule has 0 aliphatic heterocycles. The first-order valence-electron chi connectivity index (χ1n) is 4.97. The van der Waals surface area contributed by atoms with Crippen LogP contribution in [0.3, 0.4) is 0 Å². The van der Waals surface area contributed by atoms with Crippen LogP contribution in [0.5, 0.6) is 0 Å². The van der Waals surface area contributed by atoms with Gasteiger partial charge in [-0.3, -0.25) is 9.97 Å². The van der Waals surface area contributed by atoms with Gasteiger partial charge in [-0.2, -0.15) is 0 Å². The summed E-state index contributed by atoms with van der Waals surface area (Å²) in [5.41, 5.74) is 0.779. The Kier molecular flexibility index (Phi) is 4.74. The minimum Gasteiger partial charge on any atom is -0.478 e. The molecule has 0 aliphatic rings. The molecule has 2 heterocycles. The fourth-order valence-electron chi connectivity index (χ4n) is 1.41. The molecule has 0 aromatic carbocycles. The van der Waals surface area contributed by atoms with Crippen LogP contribution in [0.15, 0.2) is 36.7 Å². The Morgan fingerprint density at radius 3 is 1.53 bits per heavy atom. The second-order valence-electron chi connectivity index (χ2n) is 3.47. The van der Waals surface area contributed by atoms with E-state index in [1.54, 1.807) is 0 Å². The van der Waals surface area contributed by atoms with E-state index in [4.69, 9.17) is 10.2 Å². The zero-order chi connectivity index (χ0) is 13.1. The van der Waals surface area contributed by atoms with Gasteiger partial charge in [-0.05, 0) is 24.3 Å². The van der Waals surface area contributed by atoms with Crippen molar-refractivity contribution in [1.29, 1.82) is 0 Å². The van der Waals surface area contributed by atoms with E-state index in [9.17, 15) is 9.59 Å². The van der Waals surface area contributed by atoms with Crippen molar-refractivity contribution in [3.63, 3.8) is 0 Å². The zero-order valence-electron chi connectivity index (χ0n) is 9.42. The summed E-state index contributed by atoms with van der Waals surface area (Å²) in [6.45, 7) is 0. The standard InChI is InChI=1S/C12H8N2O4.Fe/c15-11(16)7-1-3-13-9(5-7)10-6-8(12(17)18)2-4-14-10;/h1-6H,(H,15,16)(H,17,18);. The zero-order valence-corrected chi connectivity index (χ0v) is 10.5. The molecule has 2 aromatic heterocycles. The van der Waals surface area contributed by atoms with Gasteiger partial charge in [0.25, 0.3) is 0 Å². The molecule has 2 aromatic rings. The third-order valence-corrected chi connectivity index (χ3v) is 2.28. The van der Waals surface area contributed by atoms with Gasteiger partial charge in [-0.25, -0.2) is 9.59 Å². The summed E-state index contributed by atoms with van der Waals surface area (Å²) < 4.78 is 0. The van der Waals surface area contributed by atoms with Crippen LogP contribution in [0.2, 0.25) is 0 Å². The third kappa shape index (κ3) is 3.37. The summed E-state index contributed by atoms with van der Waals surface area (Å²) in [4.78, 5) is 29.6. The van der Waals surface area contributed by atoms with Gasteiger partial charge in [0.05, 0.1) is 22.5 Å². The molecule has 19 heavy (non-hydrogen) atoms. The molecule has 98 valence electrons. The van der Waals surface area contributed by atoms with E-state index in [-0.39, 0.29) is 28.2 Å². The second-order valence-corrected chi connectivity index (χ2v) is 3.47. The molecule has 0 unspecified atom stereocenters. The van der Waals surface area contributed by atoms with Crippen LogP contribution < -0.4 is 0 Å². The van der Waals surface area contributed by atoms with Gasteiger partial charge >= 0.3 is 11.9 Å². The van der Waals surface area contributed by atoms with Crippen molar-refractivity contribution in [3.8, 4) is 11.4 Å². The number of carboxylic acids is 2. The van der Waals surface area contributed by atoms with Crippen molar-refractivity contribution >= 4 is 11.9 Å². The van der Waals surface area contributed by atoms with Crippen molar-refractivity contribution in [3.05, 3.63) is 47.8 Å². The Morgan fingerprint density at radius 1 is 0.842 bits per heavy atom. The Balaban J connectivity index is 0.00000180. The number of pyridine rings is 2. The number of aromatic nitrogens is 2. The number of aromatic carboxylic acids is 2. The maximum atomic E-state index is 10.8. The molecule has 2 rings (SSSR count). The van der Waals surface area contributed by atoms with Crippen molar-refractivity contribution in [2.45, 2.75) is 0 Å². The predicted octanol–water partition coefficient (Wildman–Crippen LogP) is 1.54. The van der Waals surface area contributed by atoms with Crippen molar-refractivity contribution in [2.75, 3.05) is 0 Å². The fourth-order valence-corrected chi connectivity index (χ4v) is 1.41. The number of carboxylic acid groups (broad SMARTS) is 2. The van der Waals surface area contributed by atoms with E-state index < -0.39 is 11.9 Å². The van der Waals surface area contributed by atoms with Gasteiger partial charge in [0, 0.05) is 29.5 Å². The summed E-state index contributed by atoms with van der Waals surface area (Å²) in [5.74, 6) is -2.15. The largest absolute Gasteiger partial charge is 0.478 e. The summed E-state index contributed by atoms with van der Waals surface area (Å²) in [5, 5.41) is 17.7. The molecule has 0 radical (unpaired) electrons. The van der Waals surface area contributed by atoms with Gasteiger partial charge in [-0.15, -0.1) is 0 Å². The first-order chi connectivity index (χ1) is 8.58. The molecular formula is C12H8FeN2O4. The molecule has 7 heteroatoms. The van der Waals surface area contributed by atoms with Crippen LogP contribution in [-0.4, -0.2) is 32.1 Å². The molecule has 0 atom stereocenters. The van der Waals surface area contributed by atoms with Gasteiger partial charge < -0.3 is 10.2 Å². The van der Waals surface area contributed by atoms with Crippen LogP contribution in [0.4, 0.5) is 0 Å². The number of hydrogen-bond donors (Lipinski definition) is 2. The van der Waals surface area contributed by atoms with Crippen LogP contribution in [-0.2, 0) is 17.1 Å². The summed E-state index contributed by atoms with van der Waals surface area (Å²) in [7, 11) is 0. The molecule has 0 spiro atoms.